The summed E-state index contributed by atoms with van der Waals surface area (Å²) in [5.74, 6) is 0. The largest absolute Gasteiger partial charge is 0.252 e. The fourth-order valence-corrected chi connectivity index (χ4v) is 3.27. The molecule has 0 radical (unpaired) electrons. The number of aryl methyl sites for hydroxylation is 2. The number of nitrogens with one attached hydrogen (secondary N) is 1. The number of anilines is 1. The first-order valence-corrected chi connectivity index (χ1v) is 7.49. The molecule has 3 rings (SSSR count). The van der Waals surface area contributed by atoms with Gasteiger partial charge in [-0.25, -0.2) is 4.98 Å². The van der Waals surface area contributed by atoms with Crippen LogP contribution in [0.2, 0.25) is 0 Å². The molecular weight excluding hydrogens is 254 g/mol. The van der Waals surface area contributed by atoms with Crippen LogP contribution in [-0.2, 0) is 12.8 Å². The van der Waals surface area contributed by atoms with Crippen molar-refractivity contribution in [3.05, 3.63) is 46.5 Å². The second kappa shape index (κ2) is 5.53. The second-order valence-electron chi connectivity index (χ2n) is 4.77. The summed E-state index contributed by atoms with van der Waals surface area (Å²) in [6, 6.07) is 10.2. The van der Waals surface area contributed by atoms with Crippen molar-refractivity contribution in [2.75, 3.05) is 5.43 Å². The molecule has 0 unspecified atom stereocenters. The monoisotopic (exact) mass is 271 g/mol. The number of hydrogen-bond acceptors (Lipinski definition) is 4. The molecule has 3 nitrogen and oxygen atoms in total. The molecule has 0 bridgehead atoms. The van der Waals surface area contributed by atoms with Gasteiger partial charge in [0.15, 0.2) is 0 Å². The van der Waals surface area contributed by atoms with Gasteiger partial charge >= 0.3 is 0 Å². The molecule has 1 aromatic heterocycles. The summed E-state index contributed by atoms with van der Waals surface area (Å²) >= 11 is 1.74. The Hall–Kier alpha value is -1.68. The van der Waals surface area contributed by atoms with E-state index < -0.39 is 0 Å². The number of nitrogens with zero attached hydrogens (tertiary/aromatic N) is 2. The van der Waals surface area contributed by atoms with E-state index in [2.05, 4.69) is 27.6 Å². The normalized spacial score (nSPS) is 15.1. The number of hydrazone groups is 1. The van der Waals surface area contributed by atoms with Gasteiger partial charge in [0.05, 0.1) is 11.4 Å². The Morgan fingerprint density at radius 1 is 1.21 bits per heavy atom. The minimum Gasteiger partial charge on any atom is -0.252 e. The van der Waals surface area contributed by atoms with Gasteiger partial charge in [-0.1, -0.05) is 30.3 Å². The summed E-state index contributed by atoms with van der Waals surface area (Å²) in [7, 11) is 0. The Labute approximate surface area is 117 Å². The molecule has 19 heavy (non-hydrogen) atoms. The fraction of sp³-hybridized carbons (Fsp3) is 0.333. The van der Waals surface area contributed by atoms with Crippen LogP contribution >= 0.6 is 11.3 Å². The van der Waals surface area contributed by atoms with E-state index in [1.165, 1.54) is 29.8 Å². The van der Waals surface area contributed by atoms with Gasteiger partial charge in [-0.15, -0.1) is 11.3 Å². The van der Waals surface area contributed by atoms with Crippen molar-refractivity contribution in [2.24, 2.45) is 5.10 Å². The third kappa shape index (κ3) is 2.84. The third-order valence-electron chi connectivity index (χ3n) is 3.36. The number of fused-ring (bicyclic) bond motifs is 1. The Balaban J connectivity index is 1.73. The van der Waals surface area contributed by atoms with Gasteiger partial charge in [-0.05, 0) is 38.2 Å². The predicted molar refractivity (Wildman–Crippen MR) is 81.0 cm³/mol. The minimum atomic E-state index is 0.919. The van der Waals surface area contributed by atoms with Gasteiger partial charge in [0, 0.05) is 4.88 Å². The molecule has 2 aromatic rings. The molecule has 1 aromatic carbocycles. The maximum Gasteiger partial charge on any atom is 0.203 e. The van der Waals surface area contributed by atoms with Crippen LogP contribution in [0, 0.1) is 0 Å². The molecule has 0 saturated carbocycles. The second-order valence-corrected chi connectivity index (χ2v) is 5.85. The standard InChI is InChI=1S/C15H17N3S/c1-11(12-7-3-2-4-8-12)17-18-15-16-13-9-5-6-10-14(13)19-15/h2-4,7-8H,5-6,9-10H2,1H3,(H,16,18)/b17-11-. The highest BCUT2D eigenvalue weighted by molar-refractivity contribution is 7.15. The first kappa shape index (κ1) is 12.4. The van der Waals surface area contributed by atoms with Gasteiger partial charge in [-0.3, -0.25) is 5.43 Å². The molecule has 0 aliphatic heterocycles. The van der Waals surface area contributed by atoms with Crippen LogP contribution in [-0.4, -0.2) is 10.7 Å². The van der Waals surface area contributed by atoms with E-state index >= 15 is 0 Å². The van der Waals surface area contributed by atoms with Crippen molar-refractivity contribution in [2.45, 2.75) is 32.6 Å². The van der Waals surface area contributed by atoms with E-state index in [1.807, 2.05) is 25.1 Å². The molecule has 1 aliphatic rings. The molecule has 4 heteroatoms. The van der Waals surface area contributed by atoms with Gasteiger partial charge in [0.2, 0.25) is 5.13 Å². The molecule has 98 valence electrons. The minimum absolute atomic E-state index is 0.919. The lowest BCUT2D eigenvalue weighted by molar-refractivity contribution is 0.682. The maximum absolute atomic E-state index is 4.62. The molecule has 0 amide bonds. The first-order valence-electron chi connectivity index (χ1n) is 6.67. The van der Waals surface area contributed by atoms with Crippen LogP contribution in [0.3, 0.4) is 0 Å². The van der Waals surface area contributed by atoms with Crippen LogP contribution in [0.15, 0.2) is 35.4 Å². The molecule has 0 spiro atoms. The summed E-state index contributed by atoms with van der Waals surface area (Å²) in [6.07, 6.45) is 4.86. The number of benzene rings is 1. The van der Waals surface area contributed by atoms with Crippen LogP contribution in [0.25, 0.3) is 0 Å². The maximum atomic E-state index is 4.62. The van der Waals surface area contributed by atoms with Crippen molar-refractivity contribution in [1.29, 1.82) is 0 Å². The van der Waals surface area contributed by atoms with E-state index in [1.54, 1.807) is 11.3 Å². The number of thiazole rings is 1. The lowest BCUT2D eigenvalue weighted by Gasteiger charge is -2.06. The van der Waals surface area contributed by atoms with E-state index in [4.69, 9.17) is 0 Å². The SMILES string of the molecule is C/C(=N/Nc1nc2c(s1)CCCC2)c1ccccc1. The van der Waals surface area contributed by atoms with Gasteiger partial charge in [-0.2, -0.15) is 5.10 Å². The van der Waals surface area contributed by atoms with Gasteiger partial charge in [0.1, 0.15) is 0 Å². The summed E-state index contributed by atoms with van der Waals surface area (Å²) in [6.45, 7) is 2.01. The van der Waals surface area contributed by atoms with Crippen molar-refractivity contribution < 1.29 is 0 Å². The molecule has 0 atom stereocenters. The average molecular weight is 271 g/mol. The zero-order valence-corrected chi connectivity index (χ0v) is 11.8. The van der Waals surface area contributed by atoms with E-state index in [9.17, 15) is 0 Å². The Morgan fingerprint density at radius 3 is 2.79 bits per heavy atom. The quantitative estimate of drug-likeness (QED) is 0.680. The van der Waals surface area contributed by atoms with E-state index in [0.29, 0.717) is 0 Å². The van der Waals surface area contributed by atoms with Gasteiger partial charge in [0.25, 0.3) is 0 Å². The predicted octanol–water partition coefficient (Wildman–Crippen LogP) is 3.86. The van der Waals surface area contributed by atoms with Crippen molar-refractivity contribution in [3.63, 3.8) is 0 Å². The Kier molecular flexibility index (Phi) is 3.60. The summed E-state index contributed by atoms with van der Waals surface area (Å²) < 4.78 is 0. The molecule has 0 fully saturated rings. The zero-order chi connectivity index (χ0) is 13.1. The highest BCUT2D eigenvalue weighted by Crippen LogP contribution is 2.29. The third-order valence-corrected chi connectivity index (χ3v) is 4.42. The van der Waals surface area contributed by atoms with Crippen LogP contribution in [0.5, 0.6) is 0 Å². The molecule has 1 heterocycles. The molecular formula is C15H17N3S. The van der Waals surface area contributed by atoms with Gasteiger partial charge < -0.3 is 0 Å². The zero-order valence-electron chi connectivity index (χ0n) is 11.0. The van der Waals surface area contributed by atoms with Crippen molar-refractivity contribution in [1.82, 2.24) is 4.98 Å². The lowest BCUT2D eigenvalue weighted by Crippen LogP contribution is -2.00. The lowest BCUT2D eigenvalue weighted by atomic mass is 10.0. The van der Waals surface area contributed by atoms with Crippen LogP contribution in [0.4, 0.5) is 5.13 Å². The smallest absolute Gasteiger partial charge is 0.203 e. The molecule has 1 N–H and O–H groups in total. The first-order chi connectivity index (χ1) is 9.33. The Morgan fingerprint density at radius 2 is 2.00 bits per heavy atom. The summed E-state index contributed by atoms with van der Waals surface area (Å²) in [5.41, 5.74) is 6.48. The fourth-order valence-electron chi connectivity index (χ4n) is 2.28. The average Bonchev–Trinajstić information content (AvgIpc) is 2.88. The van der Waals surface area contributed by atoms with Crippen molar-refractivity contribution >= 4 is 22.2 Å². The van der Waals surface area contributed by atoms with E-state index in [-0.39, 0.29) is 0 Å². The Bertz CT molecular complexity index is 563. The summed E-state index contributed by atoms with van der Waals surface area (Å²) in [4.78, 5) is 6.05. The molecule has 1 aliphatic carbocycles. The number of aromatic nitrogens is 1. The highest BCUT2D eigenvalue weighted by atomic mass is 32.1. The van der Waals surface area contributed by atoms with Crippen molar-refractivity contribution in [3.8, 4) is 0 Å². The van der Waals surface area contributed by atoms with Crippen LogP contribution < -0.4 is 5.43 Å². The van der Waals surface area contributed by atoms with Crippen LogP contribution in [0.1, 0.15) is 35.9 Å². The summed E-state index contributed by atoms with van der Waals surface area (Å²) in [5, 5.41) is 5.34. The highest BCUT2D eigenvalue weighted by Gasteiger charge is 2.14. The molecule has 0 saturated heterocycles. The number of hydrogen-bond donors (Lipinski definition) is 1. The topological polar surface area (TPSA) is 37.3 Å². The number of rotatable bonds is 3. The van der Waals surface area contributed by atoms with E-state index in [0.717, 1.165) is 22.8 Å².